The van der Waals surface area contributed by atoms with Crippen molar-refractivity contribution >= 4 is 24.1 Å². The van der Waals surface area contributed by atoms with Crippen LogP contribution < -0.4 is 18.9 Å². The number of esters is 2. The second-order valence-corrected chi connectivity index (χ2v) is 11.9. The van der Waals surface area contributed by atoms with Crippen molar-refractivity contribution in [1.82, 2.24) is 0 Å². The lowest BCUT2D eigenvalue weighted by molar-refractivity contribution is -0.383. The zero-order valence-corrected chi connectivity index (χ0v) is 29.5. The predicted octanol–water partition coefficient (Wildman–Crippen LogP) is -0.819. The Hall–Kier alpha value is -4.50. The summed E-state index contributed by atoms with van der Waals surface area (Å²) in [6.07, 6.45) is -9.59. The molecule has 2 heterocycles. The van der Waals surface area contributed by atoms with Crippen molar-refractivity contribution in [3.63, 3.8) is 0 Å². The van der Waals surface area contributed by atoms with Gasteiger partial charge in [-0.2, -0.15) is 0 Å². The lowest BCUT2D eigenvalue weighted by Gasteiger charge is -2.43. The fourth-order valence-corrected chi connectivity index (χ4v) is 5.68. The van der Waals surface area contributed by atoms with E-state index in [1.165, 1.54) is 52.7 Å². The minimum absolute atomic E-state index is 0.0442. The molecule has 2 aliphatic heterocycles. The summed E-state index contributed by atoms with van der Waals surface area (Å²) in [5, 5.41) is 73.3. The molecule has 0 aromatic heterocycles. The minimum atomic E-state index is -2.49. The van der Waals surface area contributed by atoms with Crippen molar-refractivity contribution < 1.29 is 88.0 Å². The standard InChI is InChI=1S/C35H44O18/c1-17-20(45-2)10-18(11-21(17)46-3)6-8-26(38)49-15-25-29(41)31(43)32(44)34(50-25)53-35(16-37)33(30(42)24(14-36)52-35)51-27(39)9-7-19-12-22(47-4)28(40)23(13-19)48-5/h6-13,24-25,29-34,36-37,40-44H,14-16H2,1-5H3. The van der Waals surface area contributed by atoms with Crippen LogP contribution in [-0.4, -0.2) is 151 Å². The molecule has 2 saturated heterocycles. The molecule has 0 bridgehead atoms. The van der Waals surface area contributed by atoms with Gasteiger partial charge >= 0.3 is 11.9 Å². The average molecular weight is 753 g/mol. The summed E-state index contributed by atoms with van der Waals surface area (Å²) in [5.74, 6) is -3.61. The van der Waals surface area contributed by atoms with Crippen molar-refractivity contribution in [2.45, 2.75) is 61.7 Å². The number of aliphatic hydroxyl groups is 6. The van der Waals surface area contributed by atoms with E-state index in [1.807, 2.05) is 0 Å². The maximum atomic E-state index is 13.0. The van der Waals surface area contributed by atoms with E-state index >= 15 is 0 Å². The molecule has 292 valence electrons. The number of carbonyl (C=O) groups is 2. The molecule has 2 aromatic rings. The number of carbonyl (C=O) groups excluding carboxylic acids is 2. The second-order valence-electron chi connectivity index (χ2n) is 11.9. The van der Waals surface area contributed by atoms with Crippen molar-refractivity contribution in [3.8, 4) is 28.7 Å². The topological polar surface area (TPSA) is 259 Å². The third kappa shape index (κ3) is 9.18. The third-order valence-corrected chi connectivity index (χ3v) is 8.59. The van der Waals surface area contributed by atoms with Crippen LogP contribution >= 0.6 is 0 Å². The van der Waals surface area contributed by atoms with Gasteiger partial charge in [0.1, 0.15) is 61.3 Å². The highest BCUT2D eigenvalue weighted by molar-refractivity contribution is 5.88. The van der Waals surface area contributed by atoms with Gasteiger partial charge in [0.15, 0.2) is 23.9 Å². The van der Waals surface area contributed by atoms with Crippen LogP contribution in [0, 0.1) is 6.92 Å². The molecular formula is C35H44O18. The number of rotatable bonds is 15. The van der Waals surface area contributed by atoms with E-state index in [0.717, 1.165) is 17.7 Å². The molecule has 9 atom stereocenters. The molecule has 2 aromatic carbocycles. The number of benzene rings is 2. The molecule has 4 rings (SSSR count). The SMILES string of the molecule is COc1cc(C=CC(=O)OCC2OC(OC3(CO)OC(CO)C(O)C3OC(=O)C=Cc3cc(OC)c(O)c(OC)c3)C(O)C(O)C2O)cc(OC)c1C. The Labute approximate surface area is 303 Å². The van der Waals surface area contributed by atoms with Crippen LogP contribution in [0.2, 0.25) is 0 Å². The molecule has 18 nitrogen and oxygen atoms in total. The summed E-state index contributed by atoms with van der Waals surface area (Å²) >= 11 is 0. The number of hydrogen-bond donors (Lipinski definition) is 7. The molecule has 9 unspecified atom stereocenters. The number of hydrogen-bond acceptors (Lipinski definition) is 18. The van der Waals surface area contributed by atoms with Gasteiger partial charge in [0.05, 0.1) is 35.0 Å². The Morgan fingerprint density at radius 3 is 1.79 bits per heavy atom. The Morgan fingerprint density at radius 2 is 1.28 bits per heavy atom. The zero-order chi connectivity index (χ0) is 39.0. The third-order valence-electron chi connectivity index (χ3n) is 8.59. The molecule has 0 saturated carbocycles. The van der Waals surface area contributed by atoms with E-state index < -0.39 is 86.6 Å². The molecule has 2 aliphatic rings. The van der Waals surface area contributed by atoms with Crippen LogP contribution in [0.3, 0.4) is 0 Å². The Bertz CT molecular complexity index is 1590. The smallest absolute Gasteiger partial charge is 0.331 e. The summed E-state index contributed by atoms with van der Waals surface area (Å²) in [5.41, 5.74) is 1.62. The van der Waals surface area contributed by atoms with Crippen molar-refractivity contribution in [2.75, 3.05) is 48.3 Å². The minimum Gasteiger partial charge on any atom is -0.502 e. The normalized spacial score (nSPS) is 28.6. The predicted molar refractivity (Wildman–Crippen MR) is 180 cm³/mol. The summed E-state index contributed by atoms with van der Waals surface area (Å²) in [6.45, 7) is -0.821. The van der Waals surface area contributed by atoms with Crippen molar-refractivity contribution in [1.29, 1.82) is 0 Å². The van der Waals surface area contributed by atoms with E-state index in [4.69, 9.17) is 42.6 Å². The van der Waals surface area contributed by atoms with E-state index in [0.29, 0.717) is 22.6 Å². The highest BCUT2D eigenvalue weighted by atomic mass is 16.8. The lowest BCUT2D eigenvalue weighted by Crippen LogP contribution is -2.63. The first-order valence-corrected chi connectivity index (χ1v) is 16.1. The fraction of sp³-hybridized carbons (Fsp3) is 0.486. The molecule has 0 radical (unpaired) electrons. The molecule has 0 amide bonds. The van der Waals surface area contributed by atoms with E-state index in [-0.39, 0.29) is 17.2 Å². The molecule has 0 aliphatic carbocycles. The first-order valence-electron chi connectivity index (χ1n) is 16.1. The van der Waals surface area contributed by atoms with Gasteiger partial charge < -0.3 is 78.4 Å². The monoisotopic (exact) mass is 752 g/mol. The number of methoxy groups -OCH3 is 4. The van der Waals surface area contributed by atoms with Crippen LogP contribution in [-0.2, 0) is 33.3 Å². The highest BCUT2D eigenvalue weighted by Crippen LogP contribution is 2.39. The molecule has 53 heavy (non-hydrogen) atoms. The Balaban J connectivity index is 1.48. The van der Waals surface area contributed by atoms with Gasteiger partial charge in [-0.1, -0.05) is 0 Å². The van der Waals surface area contributed by atoms with Gasteiger partial charge in [-0.05, 0) is 54.5 Å². The van der Waals surface area contributed by atoms with Gasteiger partial charge in [0.25, 0.3) is 0 Å². The molecule has 0 spiro atoms. The van der Waals surface area contributed by atoms with Crippen LogP contribution in [0.5, 0.6) is 28.7 Å². The second kappa shape index (κ2) is 18.0. The van der Waals surface area contributed by atoms with Gasteiger partial charge in [-0.3, -0.25) is 0 Å². The van der Waals surface area contributed by atoms with Crippen LogP contribution in [0.1, 0.15) is 16.7 Å². The van der Waals surface area contributed by atoms with E-state index in [2.05, 4.69) is 0 Å². The average Bonchev–Trinajstić information content (AvgIpc) is 3.42. The van der Waals surface area contributed by atoms with Crippen molar-refractivity contribution in [2.24, 2.45) is 0 Å². The van der Waals surface area contributed by atoms with Crippen molar-refractivity contribution in [3.05, 3.63) is 53.1 Å². The van der Waals surface area contributed by atoms with Gasteiger partial charge in [-0.15, -0.1) is 0 Å². The quantitative estimate of drug-likeness (QED) is 0.0866. The Kier molecular flexibility index (Phi) is 14.0. The maximum absolute atomic E-state index is 13.0. The number of aliphatic hydroxyl groups excluding tert-OH is 6. The van der Waals surface area contributed by atoms with Crippen LogP contribution in [0.15, 0.2) is 36.4 Å². The lowest BCUT2D eigenvalue weighted by atomic mass is 9.98. The van der Waals surface area contributed by atoms with Gasteiger partial charge in [0, 0.05) is 17.7 Å². The summed E-state index contributed by atoms with van der Waals surface area (Å²) in [7, 11) is 5.59. The number of aromatic hydroxyl groups is 1. The summed E-state index contributed by atoms with van der Waals surface area (Å²) < 4.78 is 48.4. The zero-order valence-electron chi connectivity index (χ0n) is 29.5. The van der Waals surface area contributed by atoms with Gasteiger partial charge in [-0.25, -0.2) is 9.59 Å². The summed E-state index contributed by atoms with van der Waals surface area (Å²) in [4.78, 5) is 25.5. The maximum Gasteiger partial charge on any atom is 0.331 e. The number of phenolic OH excluding ortho intramolecular Hbond substituents is 1. The van der Waals surface area contributed by atoms with Crippen LogP contribution in [0.4, 0.5) is 0 Å². The first-order chi connectivity index (χ1) is 25.3. The number of ether oxygens (including phenoxy) is 9. The van der Waals surface area contributed by atoms with Crippen LogP contribution in [0.25, 0.3) is 12.2 Å². The molecule has 7 N–H and O–H groups in total. The Morgan fingerprint density at radius 1 is 0.755 bits per heavy atom. The van der Waals surface area contributed by atoms with E-state index in [1.54, 1.807) is 19.1 Å². The highest BCUT2D eigenvalue weighted by Gasteiger charge is 2.60. The van der Waals surface area contributed by atoms with Gasteiger partial charge in [0.2, 0.25) is 11.5 Å². The molecule has 18 heteroatoms. The number of phenols is 1. The molecule has 2 fully saturated rings. The fourth-order valence-electron chi connectivity index (χ4n) is 5.68. The molecular weight excluding hydrogens is 708 g/mol. The first kappa shape index (κ1) is 41.3. The largest absolute Gasteiger partial charge is 0.502 e. The summed E-state index contributed by atoms with van der Waals surface area (Å²) in [6, 6.07) is 6.12. The van der Waals surface area contributed by atoms with E-state index in [9.17, 15) is 45.3 Å².